The first-order valence-corrected chi connectivity index (χ1v) is 9.97. The van der Waals surface area contributed by atoms with Crippen LogP contribution in [0.2, 0.25) is 5.02 Å². The highest BCUT2D eigenvalue weighted by molar-refractivity contribution is 6.32. The molecule has 0 radical (unpaired) electrons. The Balaban J connectivity index is 1.76. The van der Waals surface area contributed by atoms with Crippen molar-refractivity contribution >= 4 is 23.2 Å². The average molecular weight is 418 g/mol. The van der Waals surface area contributed by atoms with E-state index in [0.29, 0.717) is 6.54 Å². The predicted octanol–water partition coefficient (Wildman–Crippen LogP) is 4.21. The van der Waals surface area contributed by atoms with Crippen molar-refractivity contribution in [1.29, 1.82) is 0 Å². The summed E-state index contributed by atoms with van der Waals surface area (Å²) in [7, 11) is 1.63. The predicted molar refractivity (Wildman–Crippen MR) is 112 cm³/mol. The van der Waals surface area contributed by atoms with E-state index >= 15 is 0 Å². The van der Waals surface area contributed by atoms with Gasteiger partial charge in [0.05, 0.1) is 18.1 Å². The van der Waals surface area contributed by atoms with Gasteiger partial charge in [0.25, 0.3) is 11.6 Å². The zero-order chi connectivity index (χ0) is 20.8. The van der Waals surface area contributed by atoms with Gasteiger partial charge in [0.1, 0.15) is 10.8 Å². The van der Waals surface area contributed by atoms with Crippen molar-refractivity contribution in [2.45, 2.75) is 25.3 Å². The largest absolute Gasteiger partial charge is 0.497 e. The lowest BCUT2D eigenvalue weighted by Gasteiger charge is -2.35. The molecule has 1 fully saturated rings. The molecule has 0 bridgehead atoms. The van der Waals surface area contributed by atoms with E-state index in [1.165, 1.54) is 24.6 Å². The Morgan fingerprint density at radius 2 is 1.90 bits per heavy atom. The molecule has 1 amide bonds. The molecule has 154 valence electrons. The van der Waals surface area contributed by atoms with Crippen molar-refractivity contribution in [2.75, 3.05) is 26.7 Å². The number of nitro benzene ring substituents is 1. The minimum atomic E-state index is -0.590. The van der Waals surface area contributed by atoms with Gasteiger partial charge < -0.3 is 10.1 Å². The summed E-state index contributed by atoms with van der Waals surface area (Å²) in [5.74, 6) is 0.420. The van der Waals surface area contributed by atoms with Crippen LogP contribution in [0, 0.1) is 10.1 Å². The smallest absolute Gasteiger partial charge is 0.288 e. The Kier molecular flexibility index (Phi) is 7.06. The molecule has 1 N–H and O–H groups in total. The maximum atomic E-state index is 12.6. The van der Waals surface area contributed by atoms with Gasteiger partial charge in [0.2, 0.25) is 0 Å². The molecule has 0 saturated carbocycles. The number of ether oxygens (including phenoxy) is 1. The first kappa shape index (κ1) is 21.1. The summed E-state index contributed by atoms with van der Waals surface area (Å²) < 4.78 is 5.24. The van der Waals surface area contributed by atoms with E-state index in [2.05, 4.69) is 10.2 Å². The monoisotopic (exact) mass is 417 g/mol. The number of halogens is 1. The SMILES string of the molecule is COc1ccc(C(CNC(=O)c2ccc(Cl)c([N+](=O)[O-])c2)N2CCCCC2)cc1. The van der Waals surface area contributed by atoms with Crippen LogP contribution in [0.3, 0.4) is 0 Å². The van der Waals surface area contributed by atoms with Gasteiger partial charge in [-0.1, -0.05) is 30.2 Å². The van der Waals surface area contributed by atoms with Crippen molar-refractivity contribution in [2.24, 2.45) is 0 Å². The van der Waals surface area contributed by atoms with E-state index in [1.54, 1.807) is 7.11 Å². The van der Waals surface area contributed by atoms with E-state index in [4.69, 9.17) is 16.3 Å². The molecule has 29 heavy (non-hydrogen) atoms. The number of piperidine rings is 1. The summed E-state index contributed by atoms with van der Waals surface area (Å²) in [6, 6.07) is 11.9. The Morgan fingerprint density at radius 1 is 1.21 bits per heavy atom. The number of amides is 1. The lowest BCUT2D eigenvalue weighted by Crippen LogP contribution is -2.40. The van der Waals surface area contributed by atoms with Crippen molar-refractivity contribution in [3.63, 3.8) is 0 Å². The van der Waals surface area contributed by atoms with Gasteiger partial charge in [0.15, 0.2) is 0 Å². The van der Waals surface area contributed by atoms with Crippen LogP contribution < -0.4 is 10.1 Å². The molecule has 0 aliphatic carbocycles. The Morgan fingerprint density at radius 3 is 2.52 bits per heavy atom. The highest BCUT2D eigenvalue weighted by Gasteiger charge is 2.24. The van der Waals surface area contributed by atoms with Crippen LogP contribution in [0.4, 0.5) is 5.69 Å². The first-order chi connectivity index (χ1) is 14.0. The molecule has 1 unspecified atom stereocenters. The average Bonchev–Trinajstić information content (AvgIpc) is 2.75. The summed E-state index contributed by atoms with van der Waals surface area (Å²) in [6.07, 6.45) is 3.47. The highest BCUT2D eigenvalue weighted by atomic mass is 35.5. The molecule has 1 aliphatic rings. The van der Waals surface area contributed by atoms with Crippen LogP contribution in [-0.4, -0.2) is 42.5 Å². The normalized spacial score (nSPS) is 15.5. The number of carbonyl (C=O) groups excluding carboxylic acids is 1. The number of nitro groups is 1. The Labute approximate surface area is 174 Å². The Hall–Kier alpha value is -2.64. The van der Waals surface area contributed by atoms with Crippen LogP contribution in [-0.2, 0) is 0 Å². The summed E-state index contributed by atoms with van der Waals surface area (Å²) in [4.78, 5) is 25.5. The minimum absolute atomic E-state index is 0.0102. The standard InChI is InChI=1S/C21H24ClN3O4/c1-29-17-8-5-15(6-9-17)20(24-11-3-2-4-12-24)14-23-21(26)16-7-10-18(22)19(13-16)25(27)28/h5-10,13,20H,2-4,11-12,14H2,1H3,(H,23,26). The quantitative estimate of drug-likeness (QED) is 0.538. The van der Waals surface area contributed by atoms with Crippen LogP contribution in [0.25, 0.3) is 0 Å². The number of hydrogen-bond donors (Lipinski definition) is 1. The molecule has 1 heterocycles. The number of methoxy groups -OCH3 is 1. The maximum Gasteiger partial charge on any atom is 0.288 e. The molecule has 8 heteroatoms. The molecule has 7 nitrogen and oxygen atoms in total. The molecular formula is C21H24ClN3O4. The van der Waals surface area contributed by atoms with Crippen LogP contribution in [0.1, 0.15) is 41.2 Å². The molecule has 1 saturated heterocycles. The minimum Gasteiger partial charge on any atom is -0.497 e. The number of carbonyl (C=O) groups is 1. The molecule has 1 aliphatic heterocycles. The lowest BCUT2D eigenvalue weighted by molar-refractivity contribution is -0.384. The Bertz CT molecular complexity index is 867. The number of benzene rings is 2. The summed E-state index contributed by atoms with van der Waals surface area (Å²) >= 11 is 5.84. The van der Waals surface area contributed by atoms with E-state index in [9.17, 15) is 14.9 Å². The van der Waals surface area contributed by atoms with Gasteiger partial charge in [-0.25, -0.2) is 0 Å². The molecule has 2 aromatic rings. The maximum absolute atomic E-state index is 12.6. The third kappa shape index (κ3) is 5.25. The summed E-state index contributed by atoms with van der Waals surface area (Å²) in [5.41, 5.74) is 1.03. The molecule has 0 spiro atoms. The topological polar surface area (TPSA) is 84.7 Å². The van der Waals surface area contributed by atoms with Gasteiger partial charge in [-0.15, -0.1) is 0 Å². The van der Waals surface area contributed by atoms with Gasteiger partial charge in [-0.2, -0.15) is 0 Å². The molecule has 0 aromatic heterocycles. The van der Waals surface area contributed by atoms with Crippen molar-refractivity contribution < 1.29 is 14.5 Å². The van der Waals surface area contributed by atoms with Gasteiger partial charge in [-0.05, 0) is 55.8 Å². The highest BCUT2D eigenvalue weighted by Crippen LogP contribution is 2.27. The number of nitrogens with one attached hydrogen (secondary N) is 1. The number of hydrogen-bond acceptors (Lipinski definition) is 5. The fourth-order valence-corrected chi connectivity index (χ4v) is 3.79. The first-order valence-electron chi connectivity index (χ1n) is 9.59. The number of rotatable bonds is 7. The molecule has 2 aromatic carbocycles. The molecule has 3 rings (SSSR count). The second-order valence-corrected chi connectivity index (χ2v) is 7.43. The summed E-state index contributed by atoms with van der Waals surface area (Å²) in [6.45, 7) is 2.35. The zero-order valence-electron chi connectivity index (χ0n) is 16.3. The number of likely N-dealkylation sites (tertiary alicyclic amines) is 1. The zero-order valence-corrected chi connectivity index (χ0v) is 17.0. The fourth-order valence-electron chi connectivity index (χ4n) is 3.60. The third-order valence-electron chi connectivity index (χ3n) is 5.19. The second-order valence-electron chi connectivity index (χ2n) is 7.02. The van der Waals surface area contributed by atoms with Crippen molar-refractivity contribution in [3.05, 3.63) is 68.7 Å². The third-order valence-corrected chi connectivity index (χ3v) is 5.51. The lowest BCUT2D eigenvalue weighted by atomic mass is 10.0. The van der Waals surface area contributed by atoms with E-state index < -0.39 is 4.92 Å². The summed E-state index contributed by atoms with van der Waals surface area (Å²) in [5, 5.41) is 14.0. The molecular weight excluding hydrogens is 394 g/mol. The van der Waals surface area contributed by atoms with Gasteiger partial charge in [-0.3, -0.25) is 19.8 Å². The van der Waals surface area contributed by atoms with Crippen LogP contribution >= 0.6 is 11.6 Å². The second kappa shape index (κ2) is 9.71. The fraction of sp³-hybridized carbons (Fsp3) is 0.381. The van der Waals surface area contributed by atoms with Gasteiger partial charge >= 0.3 is 0 Å². The van der Waals surface area contributed by atoms with E-state index in [0.717, 1.165) is 37.2 Å². The van der Waals surface area contributed by atoms with Crippen molar-refractivity contribution in [3.8, 4) is 5.75 Å². The molecule has 1 atom stereocenters. The van der Waals surface area contributed by atoms with E-state index in [1.807, 2.05) is 24.3 Å². The van der Waals surface area contributed by atoms with E-state index in [-0.39, 0.29) is 28.2 Å². The van der Waals surface area contributed by atoms with Crippen LogP contribution in [0.5, 0.6) is 5.75 Å². The van der Waals surface area contributed by atoms with Crippen LogP contribution in [0.15, 0.2) is 42.5 Å². The van der Waals surface area contributed by atoms with Crippen molar-refractivity contribution in [1.82, 2.24) is 10.2 Å². The number of nitrogens with zero attached hydrogens (tertiary/aromatic N) is 2. The van der Waals surface area contributed by atoms with Gasteiger partial charge in [0, 0.05) is 18.2 Å².